The number of para-hydroxylation sites is 1. The number of β-amino-alcohol motifs (C(OH)–C–C–N with tert-alkyl or cyclic N) is 1. The lowest BCUT2D eigenvalue weighted by Gasteiger charge is -2.43. The van der Waals surface area contributed by atoms with E-state index in [-0.39, 0.29) is 18.4 Å². The Bertz CT molecular complexity index is 1240. The van der Waals surface area contributed by atoms with E-state index in [0.717, 1.165) is 11.3 Å². The Kier molecular flexibility index (Phi) is 7.62. The smallest absolute Gasteiger partial charge is 0.410 e. The Morgan fingerprint density at radius 3 is 2.34 bits per heavy atom. The largest absolute Gasteiger partial charge is 0.507 e. The number of amides is 1. The van der Waals surface area contributed by atoms with Crippen molar-refractivity contribution in [3.8, 4) is 17.0 Å². The molecule has 10 heteroatoms. The standard InChI is InChI=1S/C28H34N6O4/c29-26-24(18-23(30-31-26)22-8-4-5-9-25(22)35)33-12-10-28(37,11-13-33)20-32-14-16-34(17-15-32)27(36)38-19-21-6-2-1-3-7-21/h1-9,18,35,37H,10-17,19-20H2,(H2,29,31). The van der Waals surface area contributed by atoms with E-state index in [1.165, 1.54) is 0 Å². The minimum atomic E-state index is -0.817. The molecule has 0 atom stereocenters. The number of piperidine rings is 1. The van der Waals surface area contributed by atoms with Crippen LogP contribution in [0, 0.1) is 0 Å². The number of carbonyl (C=O) groups excluding carboxylic acids is 1. The van der Waals surface area contributed by atoms with E-state index >= 15 is 0 Å². The third-order valence-corrected chi connectivity index (χ3v) is 7.37. The predicted molar refractivity (Wildman–Crippen MR) is 145 cm³/mol. The van der Waals surface area contributed by atoms with Gasteiger partial charge in [0.1, 0.15) is 12.4 Å². The molecule has 3 aromatic rings. The Balaban J connectivity index is 1.12. The molecule has 0 unspecified atom stereocenters. The van der Waals surface area contributed by atoms with Crippen molar-refractivity contribution in [2.75, 3.05) is 56.4 Å². The fraction of sp³-hybridized carbons (Fsp3) is 0.393. The van der Waals surface area contributed by atoms with Crippen molar-refractivity contribution in [1.82, 2.24) is 20.0 Å². The third kappa shape index (κ3) is 5.98. The Morgan fingerprint density at radius 1 is 0.947 bits per heavy atom. The van der Waals surface area contributed by atoms with E-state index in [9.17, 15) is 15.0 Å². The lowest BCUT2D eigenvalue weighted by molar-refractivity contribution is -0.0264. The molecule has 2 aliphatic heterocycles. The van der Waals surface area contributed by atoms with Crippen LogP contribution >= 0.6 is 0 Å². The molecule has 0 aliphatic carbocycles. The van der Waals surface area contributed by atoms with Gasteiger partial charge in [0.25, 0.3) is 0 Å². The molecular formula is C28H34N6O4. The second kappa shape index (κ2) is 11.2. The van der Waals surface area contributed by atoms with Crippen LogP contribution in [0.4, 0.5) is 16.3 Å². The summed E-state index contributed by atoms with van der Waals surface area (Å²) in [5.74, 6) is 0.458. The number of phenolic OH excluding ortho intramolecular Hbond substituents is 1. The highest BCUT2D eigenvalue weighted by atomic mass is 16.6. The second-order valence-corrected chi connectivity index (χ2v) is 10.0. The van der Waals surface area contributed by atoms with Crippen LogP contribution in [0.15, 0.2) is 60.7 Å². The maximum atomic E-state index is 12.5. The maximum Gasteiger partial charge on any atom is 0.410 e. The number of nitrogens with two attached hydrogens (primary N) is 1. The summed E-state index contributed by atoms with van der Waals surface area (Å²) < 4.78 is 5.46. The topological polar surface area (TPSA) is 128 Å². The van der Waals surface area contributed by atoms with E-state index in [4.69, 9.17) is 10.5 Å². The minimum Gasteiger partial charge on any atom is -0.507 e. The van der Waals surface area contributed by atoms with Gasteiger partial charge < -0.3 is 30.5 Å². The molecule has 2 saturated heterocycles. The van der Waals surface area contributed by atoms with Gasteiger partial charge in [-0.05, 0) is 36.6 Å². The highest BCUT2D eigenvalue weighted by molar-refractivity contribution is 5.74. The molecule has 200 valence electrons. The van der Waals surface area contributed by atoms with Gasteiger partial charge >= 0.3 is 6.09 Å². The molecule has 1 amide bonds. The summed E-state index contributed by atoms with van der Waals surface area (Å²) in [6.45, 7) is 4.60. The number of benzene rings is 2. The fourth-order valence-corrected chi connectivity index (χ4v) is 5.10. The second-order valence-electron chi connectivity index (χ2n) is 10.0. The van der Waals surface area contributed by atoms with Gasteiger partial charge in [0.05, 0.1) is 17.0 Å². The molecule has 0 bridgehead atoms. The van der Waals surface area contributed by atoms with E-state index in [0.29, 0.717) is 75.7 Å². The lowest BCUT2D eigenvalue weighted by atomic mass is 9.90. The van der Waals surface area contributed by atoms with Gasteiger partial charge in [0.2, 0.25) is 0 Å². The number of anilines is 2. The van der Waals surface area contributed by atoms with E-state index in [2.05, 4.69) is 20.0 Å². The highest BCUT2D eigenvalue weighted by Gasteiger charge is 2.36. The number of ether oxygens (including phenoxy) is 1. The quantitative estimate of drug-likeness (QED) is 0.451. The van der Waals surface area contributed by atoms with Gasteiger partial charge in [0, 0.05) is 51.4 Å². The van der Waals surface area contributed by atoms with E-state index in [1.807, 2.05) is 42.5 Å². The SMILES string of the molecule is Nc1nnc(-c2ccccc2O)cc1N1CCC(O)(CN2CCN(C(=O)OCc3ccccc3)CC2)CC1. The Morgan fingerprint density at radius 2 is 1.63 bits per heavy atom. The monoisotopic (exact) mass is 518 g/mol. The first kappa shape index (κ1) is 25.7. The van der Waals surface area contributed by atoms with Crippen molar-refractivity contribution in [2.24, 2.45) is 0 Å². The number of nitrogen functional groups attached to an aromatic ring is 1. The average Bonchev–Trinajstić information content (AvgIpc) is 2.94. The number of piperazine rings is 1. The van der Waals surface area contributed by atoms with Crippen LogP contribution in [0.3, 0.4) is 0 Å². The van der Waals surface area contributed by atoms with Crippen molar-refractivity contribution >= 4 is 17.6 Å². The molecule has 38 heavy (non-hydrogen) atoms. The zero-order valence-corrected chi connectivity index (χ0v) is 21.4. The Labute approximate surface area is 222 Å². The first-order valence-electron chi connectivity index (χ1n) is 13.0. The van der Waals surface area contributed by atoms with Gasteiger partial charge in [-0.1, -0.05) is 42.5 Å². The zero-order chi connectivity index (χ0) is 26.5. The number of nitrogens with zero attached hydrogens (tertiary/aromatic N) is 5. The molecule has 2 fully saturated rings. The number of carbonyl (C=O) groups is 1. The van der Waals surface area contributed by atoms with Crippen LogP contribution in [0.2, 0.25) is 0 Å². The van der Waals surface area contributed by atoms with Crippen LogP contribution in [0.5, 0.6) is 5.75 Å². The molecule has 0 saturated carbocycles. The number of hydrogen-bond acceptors (Lipinski definition) is 9. The molecule has 4 N–H and O–H groups in total. The van der Waals surface area contributed by atoms with Crippen LogP contribution in [0.25, 0.3) is 11.3 Å². The summed E-state index contributed by atoms with van der Waals surface area (Å²) in [6, 6.07) is 18.5. The van der Waals surface area contributed by atoms with Crippen molar-refractivity contribution < 1.29 is 19.7 Å². The van der Waals surface area contributed by atoms with Gasteiger partial charge in [0.15, 0.2) is 5.82 Å². The van der Waals surface area contributed by atoms with Gasteiger partial charge in [-0.2, -0.15) is 0 Å². The lowest BCUT2D eigenvalue weighted by Crippen LogP contribution is -2.56. The van der Waals surface area contributed by atoms with Crippen molar-refractivity contribution in [1.29, 1.82) is 0 Å². The van der Waals surface area contributed by atoms with Crippen molar-refractivity contribution in [2.45, 2.75) is 25.0 Å². The van der Waals surface area contributed by atoms with Crippen LogP contribution < -0.4 is 10.6 Å². The molecule has 0 spiro atoms. The molecule has 3 heterocycles. The molecule has 1 aromatic heterocycles. The number of aliphatic hydroxyl groups is 1. The number of hydrogen-bond donors (Lipinski definition) is 3. The average molecular weight is 519 g/mol. The van der Waals surface area contributed by atoms with Gasteiger partial charge in [-0.25, -0.2) is 4.79 Å². The highest BCUT2D eigenvalue weighted by Crippen LogP contribution is 2.34. The number of phenols is 1. The molecule has 5 rings (SSSR count). The first-order chi connectivity index (χ1) is 18.4. The number of rotatable bonds is 6. The summed E-state index contributed by atoms with van der Waals surface area (Å²) in [7, 11) is 0. The van der Waals surface area contributed by atoms with E-state index < -0.39 is 5.60 Å². The van der Waals surface area contributed by atoms with Crippen molar-refractivity contribution in [3.05, 3.63) is 66.2 Å². The van der Waals surface area contributed by atoms with Crippen LogP contribution in [0.1, 0.15) is 18.4 Å². The summed E-state index contributed by atoms with van der Waals surface area (Å²) in [5.41, 5.74) is 8.20. The molecule has 0 radical (unpaired) electrons. The molecular weight excluding hydrogens is 484 g/mol. The summed E-state index contributed by atoms with van der Waals surface area (Å²) >= 11 is 0. The van der Waals surface area contributed by atoms with Crippen LogP contribution in [-0.2, 0) is 11.3 Å². The molecule has 2 aromatic carbocycles. The predicted octanol–water partition coefficient (Wildman–Crippen LogP) is 2.72. The normalized spacial score (nSPS) is 17.8. The molecule has 10 nitrogen and oxygen atoms in total. The van der Waals surface area contributed by atoms with Crippen molar-refractivity contribution in [3.63, 3.8) is 0 Å². The zero-order valence-electron chi connectivity index (χ0n) is 21.4. The number of aromatic nitrogens is 2. The van der Waals surface area contributed by atoms with Gasteiger partial charge in [-0.3, -0.25) is 4.90 Å². The van der Waals surface area contributed by atoms with E-state index in [1.54, 1.807) is 23.1 Å². The first-order valence-corrected chi connectivity index (χ1v) is 13.0. The summed E-state index contributed by atoms with van der Waals surface area (Å²) in [6.07, 6.45) is 0.868. The summed E-state index contributed by atoms with van der Waals surface area (Å²) in [5, 5.41) is 29.8. The van der Waals surface area contributed by atoms with Crippen LogP contribution in [-0.4, -0.2) is 87.7 Å². The van der Waals surface area contributed by atoms with Gasteiger partial charge in [-0.15, -0.1) is 10.2 Å². The maximum absolute atomic E-state index is 12.5. The fourth-order valence-electron chi connectivity index (χ4n) is 5.10. The minimum absolute atomic E-state index is 0.134. The Hall–Kier alpha value is -3.89. The molecule has 2 aliphatic rings. The third-order valence-electron chi connectivity index (χ3n) is 7.37. The summed E-state index contributed by atoms with van der Waals surface area (Å²) in [4.78, 5) is 18.5. The number of aromatic hydroxyl groups is 1.